The van der Waals surface area contributed by atoms with Gasteiger partial charge in [0.2, 0.25) is 0 Å². The second kappa shape index (κ2) is 9.51. The Morgan fingerprint density at radius 2 is 1.90 bits per heavy atom. The molecule has 3 aliphatic rings. The minimum atomic E-state index is -1.04. The predicted octanol–water partition coefficient (Wildman–Crippen LogP) is 4.68. The molecule has 3 saturated carbocycles. The summed E-state index contributed by atoms with van der Waals surface area (Å²) in [5.74, 6) is 1.74. The highest BCUT2D eigenvalue weighted by Crippen LogP contribution is 2.60. The van der Waals surface area contributed by atoms with Crippen LogP contribution in [0.2, 0.25) is 0 Å². The van der Waals surface area contributed by atoms with Gasteiger partial charge < -0.3 is 20.4 Å². The summed E-state index contributed by atoms with van der Waals surface area (Å²) in [6.07, 6.45) is 11.1. The molecule has 0 saturated heterocycles. The Labute approximate surface area is 188 Å². The third-order valence-corrected chi connectivity index (χ3v) is 8.70. The van der Waals surface area contributed by atoms with Crippen molar-refractivity contribution in [3.05, 3.63) is 35.5 Å². The minimum absolute atomic E-state index is 0.282. The van der Waals surface area contributed by atoms with Crippen molar-refractivity contribution < 1.29 is 20.4 Å². The topological polar surface area (TPSA) is 80.9 Å². The molecule has 0 unspecified atom stereocenters. The summed E-state index contributed by atoms with van der Waals surface area (Å²) in [4.78, 5) is 0. The normalized spacial score (nSPS) is 39.0. The number of hydrogen-bond donors (Lipinski definition) is 4. The maximum absolute atomic E-state index is 10.3. The molecule has 0 aromatic carbocycles. The fraction of sp³-hybridized carbons (Fsp3) is 0.778. The third kappa shape index (κ3) is 5.35. The van der Waals surface area contributed by atoms with Crippen LogP contribution in [0, 0.1) is 23.2 Å². The SMILES string of the molecule is C=C1/C(=C\C=C2\CCC[C@@]3(C)[C@H]2CC[C@H]3[C@H](C)CC[C@H](O)C(C)(C)O)C[C@@H](O)C[C@@H]1O. The Kier molecular flexibility index (Phi) is 7.57. The van der Waals surface area contributed by atoms with Crippen LogP contribution in [0.4, 0.5) is 0 Å². The fourth-order valence-corrected chi connectivity index (χ4v) is 6.65. The molecule has 0 aromatic rings. The van der Waals surface area contributed by atoms with Gasteiger partial charge in [-0.15, -0.1) is 0 Å². The minimum Gasteiger partial charge on any atom is -0.393 e. The van der Waals surface area contributed by atoms with Gasteiger partial charge in [-0.1, -0.05) is 38.2 Å². The first-order chi connectivity index (χ1) is 14.4. The van der Waals surface area contributed by atoms with E-state index in [0.717, 1.165) is 24.0 Å². The molecule has 0 spiro atoms. The largest absolute Gasteiger partial charge is 0.393 e. The summed E-state index contributed by atoms with van der Waals surface area (Å²) >= 11 is 0. The lowest BCUT2D eigenvalue weighted by molar-refractivity contribution is -0.0554. The van der Waals surface area contributed by atoms with Crippen LogP contribution in [-0.4, -0.2) is 44.3 Å². The summed E-state index contributed by atoms with van der Waals surface area (Å²) in [6, 6.07) is 0. The van der Waals surface area contributed by atoms with Crippen LogP contribution < -0.4 is 0 Å². The maximum Gasteiger partial charge on any atom is 0.0849 e. The van der Waals surface area contributed by atoms with Crippen molar-refractivity contribution in [1.29, 1.82) is 0 Å². The van der Waals surface area contributed by atoms with Crippen LogP contribution in [-0.2, 0) is 0 Å². The molecule has 7 atom stereocenters. The van der Waals surface area contributed by atoms with Gasteiger partial charge in [0, 0.05) is 6.42 Å². The van der Waals surface area contributed by atoms with Gasteiger partial charge in [-0.3, -0.25) is 0 Å². The van der Waals surface area contributed by atoms with E-state index in [1.807, 2.05) is 0 Å². The average Bonchev–Trinajstić information content (AvgIpc) is 3.04. The predicted molar refractivity (Wildman–Crippen MR) is 125 cm³/mol. The van der Waals surface area contributed by atoms with Crippen molar-refractivity contribution in [2.75, 3.05) is 0 Å². The Hall–Kier alpha value is -0.940. The van der Waals surface area contributed by atoms with E-state index in [1.165, 1.54) is 31.3 Å². The average molecular weight is 433 g/mol. The molecule has 4 heteroatoms. The number of rotatable bonds is 6. The lowest BCUT2D eigenvalue weighted by Crippen LogP contribution is -2.38. The molecule has 0 radical (unpaired) electrons. The number of aliphatic hydroxyl groups excluding tert-OH is 3. The van der Waals surface area contributed by atoms with E-state index in [4.69, 9.17) is 0 Å². The van der Waals surface area contributed by atoms with Gasteiger partial charge in [0.1, 0.15) is 0 Å². The van der Waals surface area contributed by atoms with Gasteiger partial charge >= 0.3 is 0 Å². The molecule has 3 fully saturated rings. The summed E-state index contributed by atoms with van der Waals surface area (Å²) in [7, 11) is 0. The lowest BCUT2D eigenvalue weighted by atomic mass is 9.60. The van der Waals surface area contributed by atoms with Gasteiger partial charge in [-0.05, 0) is 99.5 Å². The number of allylic oxidation sites excluding steroid dienone is 3. The fourth-order valence-electron chi connectivity index (χ4n) is 6.65. The molecule has 0 amide bonds. The molecule has 0 aliphatic heterocycles. The van der Waals surface area contributed by atoms with Gasteiger partial charge in [0.15, 0.2) is 0 Å². The van der Waals surface area contributed by atoms with Gasteiger partial charge in [0.05, 0.1) is 23.9 Å². The first kappa shape index (κ1) is 24.7. The van der Waals surface area contributed by atoms with E-state index in [0.29, 0.717) is 37.0 Å². The second-order valence-corrected chi connectivity index (χ2v) is 11.4. The van der Waals surface area contributed by atoms with Crippen LogP contribution in [0.1, 0.15) is 85.5 Å². The summed E-state index contributed by atoms with van der Waals surface area (Å²) in [5, 5.41) is 40.5. The standard InChI is InChI=1S/C27H44O4/c1-17(8-13-25(30)26(3,4)31)22-11-12-23-19(7-6-14-27(22,23)5)9-10-20-15-21(28)16-24(29)18(20)2/h9-10,17,21-25,28-31H,2,6-8,11-16H2,1,3-5H3/b19-9-,20-10-/t17-,21-,22+,23+,24+,25+,27-/m1/s1. The van der Waals surface area contributed by atoms with E-state index in [1.54, 1.807) is 13.8 Å². The zero-order valence-corrected chi connectivity index (χ0v) is 20.0. The molecule has 3 rings (SSSR count). The molecule has 0 bridgehead atoms. The van der Waals surface area contributed by atoms with E-state index < -0.39 is 23.9 Å². The smallest absolute Gasteiger partial charge is 0.0849 e. The quantitative estimate of drug-likeness (QED) is 0.491. The van der Waals surface area contributed by atoms with Crippen LogP contribution in [0.15, 0.2) is 35.5 Å². The van der Waals surface area contributed by atoms with Crippen molar-refractivity contribution in [3.63, 3.8) is 0 Å². The molecule has 4 nitrogen and oxygen atoms in total. The van der Waals surface area contributed by atoms with E-state index in [2.05, 4.69) is 32.6 Å². The molecular weight excluding hydrogens is 388 g/mol. The van der Waals surface area contributed by atoms with Crippen molar-refractivity contribution in [1.82, 2.24) is 0 Å². The highest BCUT2D eigenvalue weighted by atomic mass is 16.3. The molecule has 0 aromatic heterocycles. The molecule has 4 N–H and O–H groups in total. The van der Waals surface area contributed by atoms with E-state index >= 15 is 0 Å². The Morgan fingerprint density at radius 1 is 1.19 bits per heavy atom. The van der Waals surface area contributed by atoms with Gasteiger partial charge in [-0.2, -0.15) is 0 Å². The Morgan fingerprint density at radius 3 is 2.58 bits per heavy atom. The zero-order chi connectivity index (χ0) is 23.0. The molecular formula is C27H44O4. The summed E-state index contributed by atoms with van der Waals surface area (Å²) in [6.45, 7) is 12.2. The van der Waals surface area contributed by atoms with Gasteiger partial charge in [-0.25, -0.2) is 0 Å². The number of hydrogen-bond acceptors (Lipinski definition) is 4. The Bertz CT molecular complexity index is 715. The maximum atomic E-state index is 10.3. The highest BCUT2D eigenvalue weighted by Gasteiger charge is 2.50. The number of fused-ring (bicyclic) bond motifs is 1. The van der Waals surface area contributed by atoms with E-state index in [9.17, 15) is 20.4 Å². The number of aliphatic hydroxyl groups is 4. The van der Waals surface area contributed by atoms with Crippen molar-refractivity contribution in [2.45, 2.75) is 109 Å². The molecule has 3 aliphatic carbocycles. The monoisotopic (exact) mass is 432 g/mol. The van der Waals surface area contributed by atoms with Crippen molar-refractivity contribution >= 4 is 0 Å². The zero-order valence-electron chi connectivity index (χ0n) is 20.0. The first-order valence-electron chi connectivity index (χ1n) is 12.3. The van der Waals surface area contributed by atoms with Crippen molar-refractivity contribution in [3.8, 4) is 0 Å². The van der Waals surface area contributed by atoms with Gasteiger partial charge in [0.25, 0.3) is 0 Å². The van der Waals surface area contributed by atoms with Crippen LogP contribution >= 0.6 is 0 Å². The van der Waals surface area contributed by atoms with Crippen molar-refractivity contribution in [2.24, 2.45) is 23.2 Å². The summed E-state index contributed by atoms with van der Waals surface area (Å²) < 4.78 is 0. The van der Waals surface area contributed by atoms with Crippen LogP contribution in [0.5, 0.6) is 0 Å². The third-order valence-electron chi connectivity index (χ3n) is 8.70. The van der Waals surface area contributed by atoms with Crippen LogP contribution in [0.3, 0.4) is 0 Å². The molecule has 0 heterocycles. The molecule has 176 valence electrons. The molecule has 31 heavy (non-hydrogen) atoms. The first-order valence-corrected chi connectivity index (χ1v) is 12.3. The van der Waals surface area contributed by atoms with E-state index in [-0.39, 0.29) is 5.41 Å². The second-order valence-electron chi connectivity index (χ2n) is 11.4. The Balaban J connectivity index is 1.71. The highest BCUT2D eigenvalue weighted by molar-refractivity contribution is 5.38. The lowest BCUT2D eigenvalue weighted by Gasteiger charge is -2.44. The summed E-state index contributed by atoms with van der Waals surface area (Å²) in [5.41, 5.74) is 2.48. The van der Waals surface area contributed by atoms with Crippen LogP contribution in [0.25, 0.3) is 0 Å².